The van der Waals surface area contributed by atoms with E-state index in [4.69, 9.17) is 0 Å². The molecule has 2 aromatic carbocycles. The monoisotopic (exact) mass is 205 g/mol. The van der Waals surface area contributed by atoms with E-state index >= 15 is 0 Å². The summed E-state index contributed by atoms with van der Waals surface area (Å²) in [7, 11) is 0. The van der Waals surface area contributed by atoms with Crippen LogP contribution in [-0.2, 0) is 0 Å². The van der Waals surface area contributed by atoms with Crippen molar-refractivity contribution in [3.8, 4) is 0 Å². The molecule has 0 spiro atoms. The van der Waals surface area contributed by atoms with Crippen molar-refractivity contribution in [2.75, 3.05) is 0 Å². The fraction of sp³-hybridized carbons (Fsp3) is 0. The first-order valence-electron chi connectivity index (χ1n) is 4.65. The van der Waals surface area contributed by atoms with Crippen molar-refractivity contribution in [1.82, 2.24) is 5.32 Å². The number of hydrogen-bond acceptors (Lipinski definition) is 2. The topological polar surface area (TPSA) is 46.2 Å². The number of nitrogens with one attached hydrogen (secondary N) is 1. The Morgan fingerprint density at radius 3 is 1.81 bits per heavy atom. The molecular weight excluding hydrogens is 197 g/mol. The summed E-state index contributed by atoms with van der Waals surface area (Å²) >= 11 is 0. The Hall–Kier alpha value is -1.56. The summed E-state index contributed by atoms with van der Waals surface area (Å²) in [5.41, 5.74) is 1.14. The van der Waals surface area contributed by atoms with Gasteiger partial charge < -0.3 is 0 Å². The second-order valence-electron chi connectivity index (χ2n) is 3.49. The summed E-state index contributed by atoms with van der Waals surface area (Å²) in [5.74, 6) is -0.631. The van der Waals surface area contributed by atoms with Gasteiger partial charge in [0.05, 0.1) is 0 Å². The number of amides is 2. The molecule has 4 heteroatoms. The van der Waals surface area contributed by atoms with Crippen molar-refractivity contribution in [2.45, 2.75) is 0 Å². The predicted molar refractivity (Wildman–Crippen MR) is 62.9 cm³/mol. The van der Waals surface area contributed by atoms with Crippen LogP contribution in [0.1, 0.15) is 20.7 Å². The van der Waals surface area contributed by atoms with Crippen molar-refractivity contribution in [3.05, 3.63) is 47.5 Å². The molecule has 0 saturated heterocycles. The van der Waals surface area contributed by atoms with Crippen LogP contribution in [0, 0.1) is 0 Å². The van der Waals surface area contributed by atoms with Gasteiger partial charge in [0, 0.05) is 16.5 Å². The van der Waals surface area contributed by atoms with Gasteiger partial charge in [0.15, 0.2) is 0 Å². The molecule has 3 nitrogen and oxygen atoms in total. The average molecular weight is 205 g/mol. The van der Waals surface area contributed by atoms with Crippen molar-refractivity contribution < 1.29 is 9.59 Å². The zero-order valence-corrected chi connectivity index (χ0v) is 7.78. The molecule has 0 radical (unpaired) electrons. The van der Waals surface area contributed by atoms with Crippen LogP contribution in [0.3, 0.4) is 0 Å². The Balaban J connectivity index is 0.000000963. The van der Waals surface area contributed by atoms with Gasteiger partial charge in [0.2, 0.25) is 0 Å². The zero-order valence-electron chi connectivity index (χ0n) is 7.78. The Morgan fingerprint density at radius 2 is 1.31 bits per heavy atom. The third kappa shape index (κ3) is 1.37. The van der Waals surface area contributed by atoms with Crippen molar-refractivity contribution in [2.24, 2.45) is 0 Å². The Kier molecular flexibility index (Phi) is 2.59. The molecule has 0 unspecified atom stereocenters. The molecule has 16 heavy (non-hydrogen) atoms. The van der Waals surface area contributed by atoms with Crippen LogP contribution >= 0.6 is 0 Å². The van der Waals surface area contributed by atoms with E-state index in [1.807, 2.05) is 24.3 Å². The van der Waals surface area contributed by atoms with E-state index < -0.39 is 0 Å². The molecule has 0 atom stereocenters. The SMILES string of the molecule is O=C1NC(=O)c2cccc3cccc1c23.[LiH]. The molecule has 0 saturated carbocycles. The van der Waals surface area contributed by atoms with Gasteiger partial charge in [0.1, 0.15) is 0 Å². The van der Waals surface area contributed by atoms with Crippen molar-refractivity contribution >= 4 is 41.4 Å². The second kappa shape index (κ2) is 3.78. The molecule has 1 aliphatic rings. The molecule has 3 rings (SSSR count). The number of benzene rings is 2. The number of imide groups is 1. The fourth-order valence-corrected chi connectivity index (χ4v) is 1.96. The van der Waals surface area contributed by atoms with E-state index in [1.54, 1.807) is 12.1 Å². The Bertz CT molecular complexity index is 558. The molecule has 0 aliphatic carbocycles. The molecule has 0 bridgehead atoms. The zero-order chi connectivity index (χ0) is 10.4. The molecule has 1 aliphatic heterocycles. The summed E-state index contributed by atoms with van der Waals surface area (Å²) in [6.07, 6.45) is 0. The van der Waals surface area contributed by atoms with E-state index in [-0.39, 0.29) is 30.7 Å². The average Bonchev–Trinajstić information content (AvgIpc) is 2.25. The fourth-order valence-electron chi connectivity index (χ4n) is 1.96. The van der Waals surface area contributed by atoms with Gasteiger partial charge in [-0.05, 0) is 17.5 Å². The molecule has 1 heterocycles. The van der Waals surface area contributed by atoms with Crippen LogP contribution in [0.25, 0.3) is 10.8 Å². The summed E-state index contributed by atoms with van der Waals surface area (Å²) in [6, 6.07) is 10.9. The summed E-state index contributed by atoms with van der Waals surface area (Å²) in [5, 5.41) is 4.00. The van der Waals surface area contributed by atoms with Crippen LogP contribution in [0.15, 0.2) is 36.4 Å². The number of hydrogen-bond donors (Lipinski definition) is 1. The quantitative estimate of drug-likeness (QED) is 0.516. The van der Waals surface area contributed by atoms with Crippen LogP contribution in [0.5, 0.6) is 0 Å². The van der Waals surface area contributed by atoms with Crippen LogP contribution in [-0.4, -0.2) is 30.7 Å². The van der Waals surface area contributed by atoms with Gasteiger partial charge in [-0.2, -0.15) is 0 Å². The van der Waals surface area contributed by atoms with E-state index in [1.165, 1.54) is 0 Å². The van der Waals surface area contributed by atoms with Gasteiger partial charge in [0.25, 0.3) is 11.8 Å². The first kappa shape index (κ1) is 10.9. The van der Waals surface area contributed by atoms with E-state index in [0.29, 0.717) is 11.1 Å². The maximum absolute atomic E-state index is 11.6. The predicted octanol–water partition coefficient (Wildman–Crippen LogP) is 1.07. The Morgan fingerprint density at radius 1 is 0.812 bits per heavy atom. The van der Waals surface area contributed by atoms with Crippen LogP contribution < -0.4 is 5.32 Å². The minimum atomic E-state index is -0.315. The molecule has 74 valence electrons. The third-order valence-corrected chi connectivity index (χ3v) is 2.62. The Labute approximate surface area is 104 Å². The number of carbonyl (C=O) groups is 2. The van der Waals surface area contributed by atoms with Gasteiger partial charge in [-0.25, -0.2) is 0 Å². The number of carbonyl (C=O) groups excluding carboxylic acids is 2. The molecule has 2 aromatic rings. The van der Waals surface area contributed by atoms with Crippen LogP contribution in [0.4, 0.5) is 0 Å². The summed E-state index contributed by atoms with van der Waals surface area (Å²) in [4.78, 5) is 23.1. The minimum absolute atomic E-state index is 0. The van der Waals surface area contributed by atoms with E-state index in [9.17, 15) is 9.59 Å². The van der Waals surface area contributed by atoms with Gasteiger partial charge in [-0.1, -0.05) is 24.3 Å². The van der Waals surface area contributed by atoms with Gasteiger partial charge >= 0.3 is 18.9 Å². The number of rotatable bonds is 0. The molecule has 2 amide bonds. The molecule has 1 N–H and O–H groups in total. The van der Waals surface area contributed by atoms with Gasteiger partial charge in [-0.3, -0.25) is 14.9 Å². The molecule has 0 aromatic heterocycles. The summed E-state index contributed by atoms with van der Waals surface area (Å²) in [6.45, 7) is 0. The van der Waals surface area contributed by atoms with Crippen molar-refractivity contribution in [3.63, 3.8) is 0 Å². The van der Waals surface area contributed by atoms with Crippen LogP contribution in [0.2, 0.25) is 0 Å². The maximum atomic E-state index is 11.6. The van der Waals surface area contributed by atoms with Crippen molar-refractivity contribution in [1.29, 1.82) is 0 Å². The standard InChI is InChI=1S/C12H7NO2.Li.H/c14-11-8-5-1-3-7-4-2-6-9(10(7)8)12(15)13-11;;/h1-6H,(H,13,14,15);;. The first-order valence-corrected chi connectivity index (χ1v) is 4.65. The second-order valence-corrected chi connectivity index (χ2v) is 3.49. The van der Waals surface area contributed by atoms with Gasteiger partial charge in [-0.15, -0.1) is 0 Å². The van der Waals surface area contributed by atoms with E-state index in [2.05, 4.69) is 5.32 Å². The third-order valence-electron chi connectivity index (χ3n) is 2.62. The normalized spacial score (nSPS) is 13.2. The first-order chi connectivity index (χ1) is 7.27. The molecular formula is C12H8LiNO2. The van der Waals surface area contributed by atoms with E-state index in [0.717, 1.165) is 10.8 Å². The summed E-state index contributed by atoms with van der Waals surface area (Å²) < 4.78 is 0. The molecule has 0 fully saturated rings.